The monoisotopic (exact) mass is 378 g/mol. The van der Waals surface area contributed by atoms with E-state index in [1.54, 1.807) is 25.3 Å². The maximum atomic E-state index is 12.6. The molecule has 2 amide bonds. The van der Waals surface area contributed by atoms with Crippen LogP contribution in [0.15, 0.2) is 23.1 Å². The Kier molecular flexibility index (Phi) is 6.18. The van der Waals surface area contributed by atoms with Gasteiger partial charge in [0.1, 0.15) is 0 Å². The van der Waals surface area contributed by atoms with Gasteiger partial charge in [0.25, 0.3) is 11.1 Å². The summed E-state index contributed by atoms with van der Waals surface area (Å²) in [4.78, 5) is 28.6. The summed E-state index contributed by atoms with van der Waals surface area (Å²) in [6.45, 7) is 5.43. The quantitative estimate of drug-likeness (QED) is 0.704. The Balaban J connectivity index is 1.74. The molecule has 2 saturated heterocycles. The predicted octanol–water partition coefficient (Wildman–Crippen LogP) is 2.42. The van der Waals surface area contributed by atoms with Crippen LogP contribution in [0.1, 0.15) is 12.5 Å². The molecule has 0 aliphatic carbocycles. The maximum absolute atomic E-state index is 12.6. The molecule has 0 N–H and O–H groups in total. The Morgan fingerprint density at radius 3 is 2.69 bits per heavy atom. The second-order valence-electron chi connectivity index (χ2n) is 5.82. The van der Waals surface area contributed by atoms with Gasteiger partial charge in [0.15, 0.2) is 11.5 Å². The number of hydrogen-bond acceptors (Lipinski definition) is 7. The summed E-state index contributed by atoms with van der Waals surface area (Å²) in [5, 5.41) is -0.245. The van der Waals surface area contributed by atoms with Crippen molar-refractivity contribution in [2.75, 3.05) is 46.7 Å². The third-order valence-corrected chi connectivity index (χ3v) is 5.01. The molecule has 2 heterocycles. The molecular weight excluding hydrogens is 356 g/mol. The summed E-state index contributed by atoms with van der Waals surface area (Å²) in [5.41, 5.74) is 0.780. The fourth-order valence-corrected chi connectivity index (χ4v) is 3.60. The first-order valence-corrected chi connectivity index (χ1v) is 9.30. The van der Waals surface area contributed by atoms with Gasteiger partial charge in [-0.1, -0.05) is 6.07 Å². The van der Waals surface area contributed by atoms with E-state index in [9.17, 15) is 9.59 Å². The Morgan fingerprint density at radius 1 is 1.23 bits per heavy atom. The second-order valence-corrected chi connectivity index (χ2v) is 6.82. The van der Waals surface area contributed by atoms with Crippen molar-refractivity contribution in [2.45, 2.75) is 6.92 Å². The minimum Gasteiger partial charge on any atom is -0.493 e. The Labute approximate surface area is 156 Å². The molecule has 2 fully saturated rings. The van der Waals surface area contributed by atoms with E-state index in [0.29, 0.717) is 42.9 Å². The van der Waals surface area contributed by atoms with Crippen LogP contribution in [0.3, 0.4) is 0 Å². The minimum atomic E-state index is -0.264. The fraction of sp³-hybridized carbons (Fsp3) is 0.444. The van der Waals surface area contributed by atoms with Crippen molar-refractivity contribution >= 4 is 29.0 Å². The van der Waals surface area contributed by atoms with E-state index in [1.807, 2.05) is 17.9 Å². The molecule has 2 aliphatic heterocycles. The van der Waals surface area contributed by atoms with Crippen molar-refractivity contribution in [1.82, 2.24) is 9.80 Å². The number of carbonyl (C=O) groups is 2. The first kappa shape index (κ1) is 18.8. The van der Waals surface area contributed by atoms with Gasteiger partial charge in [-0.05, 0) is 42.5 Å². The number of morpholine rings is 1. The van der Waals surface area contributed by atoms with Gasteiger partial charge in [-0.15, -0.1) is 0 Å². The smallest absolute Gasteiger partial charge is 0.294 e. The Hall–Kier alpha value is -2.03. The Morgan fingerprint density at radius 2 is 2.00 bits per heavy atom. The molecule has 1 aromatic rings. The summed E-state index contributed by atoms with van der Waals surface area (Å²) < 4.78 is 16.1. The van der Waals surface area contributed by atoms with Crippen molar-refractivity contribution in [3.63, 3.8) is 0 Å². The predicted molar refractivity (Wildman–Crippen MR) is 99.2 cm³/mol. The number of nitrogens with zero attached hydrogens (tertiary/aromatic N) is 2. The number of carbonyl (C=O) groups excluding carboxylic acids is 2. The molecule has 0 aromatic heterocycles. The van der Waals surface area contributed by atoms with Crippen LogP contribution >= 0.6 is 11.8 Å². The van der Waals surface area contributed by atoms with Crippen LogP contribution in [0, 0.1) is 0 Å². The van der Waals surface area contributed by atoms with E-state index in [4.69, 9.17) is 14.2 Å². The maximum Gasteiger partial charge on any atom is 0.294 e. The van der Waals surface area contributed by atoms with Gasteiger partial charge in [0, 0.05) is 13.1 Å². The molecule has 0 saturated carbocycles. The molecular formula is C18H22N2O5S. The number of rotatable bonds is 6. The molecule has 3 rings (SSSR count). The zero-order chi connectivity index (χ0) is 18.5. The van der Waals surface area contributed by atoms with Crippen molar-refractivity contribution in [2.24, 2.45) is 0 Å². The van der Waals surface area contributed by atoms with Crippen molar-refractivity contribution < 1.29 is 23.8 Å². The third kappa shape index (κ3) is 4.20. The van der Waals surface area contributed by atoms with Crippen LogP contribution in [-0.2, 0) is 9.53 Å². The van der Waals surface area contributed by atoms with Crippen LogP contribution in [0.2, 0.25) is 0 Å². The van der Waals surface area contributed by atoms with Crippen molar-refractivity contribution in [3.8, 4) is 11.5 Å². The highest BCUT2D eigenvalue weighted by Crippen LogP contribution is 2.34. The number of methoxy groups -OCH3 is 1. The van der Waals surface area contributed by atoms with E-state index >= 15 is 0 Å². The third-order valence-electron chi connectivity index (χ3n) is 4.10. The molecule has 7 nitrogen and oxygen atoms in total. The van der Waals surface area contributed by atoms with Gasteiger partial charge in [-0.2, -0.15) is 0 Å². The van der Waals surface area contributed by atoms with Crippen molar-refractivity contribution in [3.05, 3.63) is 28.7 Å². The van der Waals surface area contributed by atoms with Crippen LogP contribution in [0.25, 0.3) is 6.08 Å². The van der Waals surface area contributed by atoms with E-state index in [0.717, 1.165) is 30.4 Å². The molecule has 1 aromatic carbocycles. The van der Waals surface area contributed by atoms with Crippen LogP contribution in [-0.4, -0.2) is 67.6 Å². The molecule has 0 atom stereocenters. The molecule has 8 heteroatoms. The summed E-state index contributed by atoms with van der Waals surface area (Å²) in [7, 11) is 1.57. The highest BCUT2D eigenvalue weighted by molar-refractivity contribution is 8.18. The summed E-state index contributed by atoms with van der Waals surface area (Å²) in [6.07, 6.45) is 1.71. The summed E-state index contributed by atoms with van der Waals surface area (Å²) in [5.74, 6) is 0.972. The van der Waals surface area contributed by atoms with E-state index in [2.05, 4.69) is 0 Å². The molecule has 0 spiro atoms. The van der Waals surface area contributed by atoms with Gasteiger partial charge >= 0.3 is 0 Å². The van der Waals surface area contributed by atoms with Crippen LogP contribution in [0.5, 0.6) is 11.5 Å². The van der Waals surface area contributed by atoms with Crippen molar-refractivity contribution in [1.29, 1.82) is 0 Å². The largest absolute Gasteiger partial charge is 0.493 e. The van der Waals surface area contributed by atoms with Gasteiger partial charge in [-0.3, -0.25) is 19.4 Å². The zero-order valence-corrected chi connectivity index (χ0v) is 15.7. The standard InChI is InChI=1S/C18H22N2O5S/c1-3-25-14-5-4-13(10-15(14)23-2)11-16-17(21)20(18(22)26-16)12-19-6-8-24-9-7-19/h4-5,10-11H,3,6-9,12H2,1-2H3/b16-11-. The number of imide groups is 1. The lowest BCUT2D eigenvalue weighted by Crippen LogP contribution is -2.45. The lowest BCUT2D eigenvalue weighted by Gasteiger charge is -2.29. The SMILES string of the molecule is CCOc1ccc(/C=C2\SC(=O)N(CN3CCOCC3)C2=O)cc1OC. The molecule has 0 radical (unpaired) electrons. The number of hydrogen-bond donors (Lipinski definition) is 0. The molecule has 26 heavy (non-hydrogen) atoms. The topological polar surface area (TPSA) is 68.3 Å². The van der Waals surface area contributed by atoms with E-state index in [1.165, 1.54) is 4.90 Å². The molecule has 140 valence electrons. The van der Waals surface area contributed by atoms with E-state index in [-0.39, 0.29) is 11.1 Å². The number of ether oxygens (including phenoxy) is 3. The number of amides is 2. The molecule has 2 aliphatic rings. The lowest BCUT2D eigenvalue weighted by atomic mass is 10.2. The van der Waals surface area contributed by atoms with Crippen LogP contribution < -0.4 is 9.47 Å². The van der Waals surface area contributed by atoms with Gasteiger partial charge in [-0.25, -0.2) is 0 Å². The Bertz CT molecular complexity index is 716. The first-order valence-electron chi connectivity index (χ1n) is 8.48. The summed E-state index contributed by atoms with van der Waals surface area (Å²) >= 11 is 0.962. The second kappa shape index (κ2) is 8.57. The van der Waals surface area contributed by atoms with Gasteiger partial charge in [0.05, 0.1) is 38.5 Å². The lowest BCUT2D eigenvalue weighted by molar-refractivity contribution is -0.125. The zero-order valence-electron chi connectivity index (χ0n) is 14.9. The van der Waals surface area contributed by atoms with Gasteiger partial charge < -0.3 is 14.2 Å². The average molecular weight is 378 g/mol. The molecule has 0 bridgehead atoms. The minimum absolute atomic E-state index is 0.245. The normalized spacial score (nSPS) is 20.1. The first-order chi connectivity index (χ1) is 12.6. The molecule has 0 unspecified atom stereocenters. The average Bonchev–Trinajstić information content (AvgIpc) is 2.91. The number of benzene rings is 1. The van der Waals surface area contributed by atoms with Crippen LogP contribution in [0.4, 0.5) is 4.79 Å². The van der Waals surface area contributed by atoms with E-state index < -0.39 is 0 Å². The highest BCUT2D eigenvalue weighted by atomic mass is 32.2. The summed E-state index contributed by atoms with van der Waals surface area (Å²) in [6, 6.07) is 5.43. The highest BCUT2D eigenvalue weighted by Gasteiger charge is 2.36. The number of thioether (sulfide) groups is 1. The fourth-order valence-electron chi connectivity index (χ4n) is 2.76. The van der Waals surface area contributed by atoms with Gasteiger partial charge in [0.2, 0.25) is 0 Å².